The van der Waals surface area contributed by atoms with E-state index in [1.807, 2.05) is 13.0 Å². The van der Waals surface area contributed by atoms with Crippen molar-refractivity contribution >= 4 is 17.6 Å². The quantitative estimate of drug-likeness (QED) is 0.872. The fraction of sp³-hybridized carbons (Fsp3) is 0.0909. The van der Waals surface area contributed by atoms with E-state index in [2.05, 4.69) is 5.16 Å². The number of carboxylic acids is 1. The average Bonchev–Trinajstić information content (AvgIpc) is 2.66. The summed E-state index contributed by atoms with van der Waals surface area (Å²) in [5, 5.41) is 12.6. The molecule has 0 unspecified atom stereocenters. The maximum absolute atomic E-state index is 10.6. The van der Waals surface area contributed by atoms with Crippen LogP contribution in [0.1, 0.15) is 16.1 Å². The Labute approximate surface area is 96.4 Å². The second-order valence-electron chi connectivity index (χ2n) is 3.36. The molecule has 0 radical (unpaired) electrons. The molecule has 2 aromatic rings. The van der Waals surface area contributed by atoms with Gasteiger partial charge in [0.15, 0.2) is 11.5 Å². The molecule has 5 heteroatoms. The molecule has 2 rings (SSSR count). The first-order valence-corrected chi connectivity index (χ1v) is 4.92. The molecule has 1 aromatic heterocycles. The van der Waals surface area contributed by atoms with Gasteiger partial charge in [-0.3, -0.25) is 0 Å². The van der Waals surface area contributed by atoms with Crippen LogP contribution in [0.15, 0.2) is 28.8 Å². The SMILES string of the molecule is Cc1ccc(-c2cc(C(=O)O)no2)c(Cl)c1. The van der Waals surface area contributed by atoms with Crippen molar-refractivity contribution in [2.24, 2.45) is 0 Å². The van der Waals surface area contributed by atoms with Gasteiger partial charge in [-0.1, -0.05) is 22.8 Å². The van der Waals surface area contributed by atoms with Crippen molar-refractivity contribution in [3.05, 3.63) is 40.5 Å². The van der Waals surface area contributed by atoms with Crippen LogP contribution in [-0.4, -0.2) is 16.2 Å². The molecule has 1 N–H and O–H groups in total. The van der Waals surface area contributed by atoms with Gasteiger partial charge in [0.1, 0.15) is 0 Å². The number of benzene rings is 1. The Hall–Kier alpha value is -1.81. The van der Waals surface area contributed by atoms with Crippen LogP contribution in [0.2, 0.25) is 5.02 Å². The van der Waals surface area contributed by atoms with Crippen molar-refractivity contribution in [2.75, 3.05) is 0 Å². The molecule has 0 bridgehead atoms. The Morgan fingerprint density at radius 1 is 1.44 bits per heavy atom. The Morgan fingerprint density at radius 3 is 2.75 bits per heavy atom. The van der Waals surface area contributed by atoms with E-state index in [0.717, 1.165) is 5.56 Å². The van der Waals surface area contributed by atoms with Gasteiger partial charge in [0.2, 0.25) is 0 Å². The smallest absolute Gasteiger partial charge is 0.358 e. The Balaban J connectivity index is 2.46. The van der Waals surface area contributed by atoms with Crippen molar-refractivity contribution in [1.29, 1.82) is 0 Å². The minimum absolute atomic E-state index is 0.133. The molecular weight excluding hydrogens is 230 g/mol. The van der Waals surface area contributed by atoms with E-state index in [0.29, 0.717) is 16.3 Å². The number of aromatic carboxylic acids is 1. The van der Waals surface area contributed by atoms with Gasteiger partial charge >= 0.3 is 5.97 Å². The molecule has 0 atom stereocenters. The summed E-state index contributed by atoms with van der Waals surface area (Å²) in [6, 6.07) is 6.76. The van der Waals surface area contributed by atoms with Crippen molar-refractivity contribution < 1.29 is 14.4 Å². The van der Waals surface area contributed by atoms with Crippen LogP contribution < -0.4 is 0 Å². The predicted octanol–water partition coefficient (Wildman–Crippen LogP) is 3.00. The third kappa shape index (κ3) is 1.92. The summed E-state index contributed by atoms with van der Waals surface area (Å²) in [5.41, 5.74) is 1.52. The van der Waals surface area contributed by atoms with Gasteiger partial charge in [-0.15, -0.1) is 0 Å². The number of aryl methyl sites for hydroxylation is 1. The minimum atomic E-state index is -1.13. The number of carbonyl (C=O) groups is 1. The molecule has 0 saturated heterocycles. The zero-order chi connectivity index (χ0) is 11.7. The van der Waals surface area contributed by atoms with Crippen LogP contribution in [0.5, 0.6) is 0 Å². The van der Waals surface area contributed by atoms with Crippen molar-refractivity contribution in [3.63, 3.8) is 0 Å². The number of carboxylic acid groups (broad SMARTS) is 1. The van der Waals surface area contributed by atoms with Crippen molar-refractivity contribution in [1.82, 2.24) is 5.16 Å². The van der Waals surface area contributed by atoms with Gasteiger partial charge in [0.25, 0.3) is 0 Å². The van der Waals surface area contributed by atoms with Crippen LogP contribution in [0.25, 0.3) is 11.3 Å². The topological polar surface area (TPSA) is 63.3 Å². The fourth-order valence-electron chi connectivity index (χ4n) is 1.32. The molecule has 4 nitrogen and oxygen atoms in total. The molecule has 82 valence electrons. The lowest BCUT2D eigenvalue weighted by Gasteiger charge is -2.00. The highest BCUT2D eigenvalue weighted by Crippen LogP contribution is 2.29. The van der Waals surface area contributed by atoms with Gasteiger partial charge in [-0.2, -0.15) is 0 Å². The lowest BCUT2D eigenvalue weighted by molar-refractivity contribution is 0.0686. The van der Waals surface area contributed by atoms with E-state index in [1.165, 1.54) is 6.07 Å². The summed E-state index contributed by atoms with van der Waals surface area (Å²) >= 11 is 6.02. The van der Waals surface area contributed by atoms with Crippen LogP contribution in [0.4, 0.5) is 0 Å². The van der Waals surface area contributed by atoms with E-state index in [9.17, 15) is 4.79 Å². The zero-order valence-corrected chi connectivity index (χ0v) is 9.15. The van der Waals surface area contributed by atoms with E-state index < -0.39 is 5.97 Å². The lowest BCUT2D eigenvalue weighted by Crippen LogP contribution is -1.94. The molecular formula is C11H8ClNO3. The maximum atomic E-state index is 10.6. The molecule has 0 fully saturated rings. The molecule has 0 saturated carbocycles. The Morgan fingerprint density at radius 2 is 2.19 bits per heavy atom. The number of rotatable bonds is 2. The van der Waals surface area contributed by atoms with E-state index >= 15 is 0 Å². The first-order chi connectivity index (χ1) is 7.58. The lowest BCUT2D eigenvalue weighted by atomic mass is 10.1. The average molecular weight is 238 g/mol. The first kappa shape index (κ1) is 10.7. The molecule has 0 amide bonds. The second-order valence-corrected chi connectivity index (χ2v) is 3.77. The monoisotopic (exact) mass is 237 g/mol. The van der Waals surface area contributed by atoms with E-state index in [-0.39, 0.29) is 5.69 Å². The summed E-state index contributed by atoms with van der Waals surface area (Å²) in [7, 11) is 0. The number of halogens is 1. The minimum Gasteiger partial charge on any atom is -0.476 e. The fourth-order valence-corrected chi connectivity index (χ4v) is 1.65. The van der Waals surface area contributed by atoms with Crippen LogP contribution in [0, 0.1) is 6.92 Å². The summed E-state index contributed by atoms with van der Waals surface area (Å²) in [6.07, 6.45) is 0. The third-order valence-corrected chi connectivity index (χ3v) is 2.43. The highest BCUT2D eigenvalue weighted by Gasteiger charge is 2.14. The number of hydrogen-bond donors (Lipinski definition) is 1. The van der Waals surface area contributed by atoms with Gasteiger partial charge in [0.05, 0.1) is 5.02 Å². The normalized spacial score (nSPS) is 10.4. The summed E-state index contributed by atoms with van der Waals surface area (Å²) in [4.78, 5) is 10.6. The van der Waals surface area contributed by atoms with Gasteiger partial charge < -0.3 is 9.63 Å². The molecule has 0 spiro atoms. The predicted molar refractivity (Wildman–Crippen MR) is 58.6 cm³/mol. The number of hydrogen-bond acceptors (Lipinski definition) is 3. The van der Waals surface area contributed by atoms with Crippen LogP contribution >= 0.6 is 11.6 Å². The summed E-state index contributed by atoms with van der Waals surface area (Å²) < 4.78 is 4.92. The second kappa shape index (κ2) is 3.98. The molecule has 1 aromatic carbocycles. The Kier molecular flexibility index (Phi) is 2.66. The van der Waals surface area contributed by atoms with E-state index in [1.54, 1.807) is 12.1 Å². The maximum Gasteiger partial charge on any atom is 0.358 e. The zero-order valence-electron chi connectivity index (χ0n) is 8.40. The third-order valence-electron chi connectivity index (χ3n) is 2.12. The van der Waals surface area contributed by atoms with Crippen molar-refractivity contribution in [3.8, 4) is 11.3 Å². The highest BCUT2D eigenvalue weighted by atomic mass is 35.5. The number of nitrogens with zero attached hydrogens (tertiary/aromatic N) is 1. The van der Waals surface area contributed by atoms with Crippen LogP contribution in [0.3, 0.4) is 0 Å². The molecule has 0 aliphatic heterocycles. The van der Waals surface area contributed by atoms with Gasteiger partial charge in [0, 0.05) is 11.6 Å². The first-order valence-electron chi connectivity index (χ1n) is 4.54. The van der Waals surface area contributed by atoms with Gasteiger partial charge in [-0.25, -0.2) is 4.79 Å². The van der Waals surface area contributed by atoms with Gasteiger partial charge in [-0.05, 0) is 24.6 Å². The largest absolute Gasteiger partial charge is 0.476 e. The highest BCUT2D eigenvalue weighted by molar-refractivity contribution is 6.33. The molecule has 0 aliphatic carbocycles. The van der Waals surface area contributed by atoms with E-state index in [4.69, 9.17) is 21.2 Å². The van der Waals surface area contributed by atoms with Crippen molar-refractivity contribution in [2.45, 2.75) is 6.92 Å². The molecule has 16 heavy (non-hydrogen) atoms. The standard InChI is InChI=1S/C11H8ClNO3/c1-6-2-3-7(8(12)4-6)10-5-9(11(14)15)13-16-10/h2-5H,1H3,(H,14,15). The molecule has 1 heterocycles. The van der Waals surface area contributed by atoms with Crippen LogP contribution in [-0.2, 0) is 0 Å². The molecule has 0 aliphatic rings. The number of aromatic nitrogens is 1. The summed E-state index contributed by atoms with van der Waals surface area (Å²) in [6.45, 7) is 1.92. The summed E-state index contributed by atoms with van der Waals surface area (Å²) in [5.74, 6) is -0.777. The Bertz CT molecular complexity index is 548.